The van der Waals surface area contributed by atoms with Crippen molar-refractivity contribution in [3.63, 3.8) is 0 Å². The Kier molecular flexibility index (Phi) is 6.91. The van der Waals surface area contributed by atoms with Gasteiger partial charge in [0.1, 0.15) is 5.75 Å². The molecule has 24 heavy (non-hydrogen) atoms. The zero-order chi connectivity index (χ0) is 17.5. The third-order valence-electron chi connectivity index (χ3n) is 4.46. The lowest BCUT2D eigenvalue weighted by atomic mass is 9.91. The van der Waals surface area contributed by atoms with E-state index in [4.69, 9.17) is 9.47 Å². The minimum absolute atomic E-state index is 0.196. The molecule has 1 unspecified atom stereocenters. The van der Waals surface area contributed by atoms with E-state index in [1.165, 1.54) is 11.1 Å². The summed E-state index contributed by atoms with van der Waals surface area (Å²) in [5, 5.41) is 3.37. The fraction of sp³-hybridized carbons (Fsp3) is 0.632. The predicted molar refractivity (Wildman–Crippen MR) is 95.3 cm³/mol. The average Bonchev–Trinajstić information content (AvgIpc) is 2.59. The molecule has 0 saturated heterocycles. The first kappa shape index (κ1) is 18.6. The minimum Gasteiger partial charge on any atom is -0.494 e. The number of hydrogen-bond acceptors (Lipinski definition) is 4. The van der Waals surface area contributed by atoms with E-state index >= 15 is 0 Å². The minimum atomic E-state index is -0.218. The van der Waals surface area contributed by atoms with Gasteiger partial charge in [0.05, 0.1) is 13.2 Å². The number of amides is 1. The summed E-state index contributed by atoms with van der Waals surface area (Å²) in [5.41, 5.74) is 3.67. The first-order valence-corrected chi connectivity index (χ1v) is 9.06. The number of carbonyl (C=O) groups is 1. The van der Waals surface area contributed by atoms with E-state index < -0.39 is 0 Å². The lowest BCUT2D eigenvalue weighted by Gasteiger charge is -2.36. The fourth-order valence-corrected chi connectivity index (χ4v) is 3.20. The Morgan fingerprint density at radius 1 is 1.21 bits per heavy atom. The number of rotatable bonds is 7. The molecule has 1 atom stereocenters. The highest BCUT2D eigenvalue weighted by atomic mass is 16.6. The van der Waals surface area contributed by atoms with E-state index in [0.29, 0.717) is 19.8 Å². The van der Waals surface area contributed by atoms with Crippen LogP contribution < -0.4 is 10.1 Å². The van der Waals surface area contributed by atoms with Crippen molar-refractivity contribution in [1.82, 2.24) is 10.2 Å². The van der Waals surface area contributed by atoms with Gasteiger partial charge in [0, 0.05) is 24.7 Å². The molecule has 0 bridgehead atoms. The molecule has 0 spiro atoms. The summed E-state index contributed by atoms with van der Waals surface area (Å²) >= 11 is 0. The Balaban J connectivity index is 2.31. The van der Waals surface area contributed by atoms with Crippen LogP contribution in [0.15, 0.2) is 12.1 Å². The summed E-state index contributed by atoms with van der Waals surface area (Å²) in [7, 11) is 0. The highest BCUT2D eigenvalue weighted by Gasteiger charge is 2.30. The zero-order valence-corrected chi connectivity index (χ0v) is 15.4. The fourth-order valence-electron chi connectivity index (χ4n) is 3.20. The van der Waals surface area contributed by atoms with Gasteiger partial charge in [-0.15, -0.1) is 0 Å². The van der Waals surface area contributed by atoms with Gasteiger partial charge in [0.2, 0.25) is 0 Å². The number of nitrogens with one attached hydrogen (secondary N) is 1. The van der Waals surface area contributed by atoms with Crippen LogP contribution in [0, 0.1) is 0 Å². The van der Waals surface area contributed by atoms with Crippen LogP contribution in [0.5, 0.6) is 5.75 Å². The largest absolute Gasteiger partial charge is 0.494 e. The second kappa shape index (κ2) is 8.92. The third-order valence-corrected chi connectivity index (χ3v) is 4.46. The van der Waals surface area contributed by atoms with Gasteiger partial charge in [-0.3, -0.25) is 0 Å². The van der Waals surface area contributed by atoms with Crippen molar-refractivity contribution < 1.29 is 14.3 Å². The molecule has 0 aromatic heterocycles. The summed E-state index contributed by atoms with van der Waals surface area (Å²) < 4.78 is 11.1. The van der Waals surface area contributed by atoms with Gasteiger partial charge in [0.25, 0.3) is 0 Å². The molecule has 1 N–H and O–H groups in total. The molecule has 2 rings (SSSR count). The van der Waals surface area contributed by atoms with Crippen molar-refractivity contribution in [3.8, 4) is 5.75 Å². The van der Waals surface area contributed by atoms with Gasteiger partial charge in [-0.25, -0.2) is 4.79 Å². The Labute approximate surface area is 145 Å². The van der Waals surface area contributed by atoms with Crippen LogP contribution in [0.25, 0.3) is 0 Å². The van der Waals surface area contributed by atoms with E-state index in [2.05, 4.69) is 31.3 Å². The summed E-state index contributed by atoms with van der Waals surface area (Å²) in [6.07, 6.45) is 1.58. The molecular formula is C19H30N2O3. The van der Waals surface area contributed by atoms with Crippen LogP contribution in [0.2, 0.25) is 0 Å². The van der Waals surface area contributed by atoms with Crippen molar-refractivity contribution in [2.75, 3.05) is 19.8 Å². The normalized spacial score (nSPS) is 16.7. The molecule has 1 amide bonds. The third kappa shape index (κ3) is 4.20. The summed E-state index contributed by atoms with van der Waals surface area (Å²) in [5.74, 6) is 0.913. The quantitative estimate of drug-likeness (QED) is 0.829. The second-order valence-corrected chi connectivity index (χ2v) is 6.04. The average molecular weight is 334 g/mol. The maximum absolute atomic E-state index is 12.3. The topological polar surface area (TPSA) is 50.8 Å². The van der Waals surface area contributed by atoms with Crippen LogP contribution in [0.3, 0.4) is 0 Å². The molecule has 134 valence electrons. The molecule has 1 aromatic rings. The molecule has 5 nitrogen and oxygen atoms in total. The van der Waals surface area contributed by atoms with Gasteiger partial charge in [-0.1, -0.05) is 19.9 Å². The monoisotopic (exact) mass is 334 g/mol. The highest BCUT2D eigenvalue weighted by molar-refractivity contribution is 5.69. The summed E-state index contributed by atoms with van der Waals surface area (Å²) in [6, 6.07) is 4.54. The maximum atomic E-state index is 12.3. The SMILES string of the molecule is CCNCc1cc2c(cc1OCC)CN(C(=O)OCC)C(CC)C2. The van der Waals surface area contributed by atoms with E-state index in [1.54, 1.807) is 0 Å². The van der Waals surface area contributed by atoms with Gasteiger partial charge < -0.3 is 19.7 Å². The summed E-state index contributed by atoms with van der Waals surface area (Å²) in [6.45, 7) is 11.4. The number of benzene rings is 1. The van der Waals surface area contributed by atoms with Crippen molar-refractivity contribution in [2.24, 2.45) is 0 Å². The van der Waals surface area contributed by atoms with Gasteiger partial charge >= 0.3 is 6.09 Å². The number of fused-ring (bicyclic) bond motifs is 1. The molecule has 5 heteroatoms. The summed E-state index contributed by atoms with van der Waals surface area (Å²) in [4.78, 5) is 14.1. The zero-order valence-electron chi connectivity index (χ0n) is 15.4. The van der Waals surface area contributed by atoms with Crippen LogP contribution in [-0.4, -0.2) is 36.8 Å². The van der Waals surface area contributed by atoms with Crippen LogP contribution >= 0.6 is 0 Å². The molecule has 0 radical (unpaired) electrons. The Bertz CT molecular complexity index is 560. The smallest absolute Gasteiger partial charge is 0.410 e. The molecule has 1 heterocycles. The number of nitrogens with zero attached hydrogens (tertiary/aromatic N) is 1. The van der Waals surface area contributed by atoms with Crippen molar-refractivity contribution >= 4 is 6.09 Å². The van der Waals surface area contributed by atoms with Gasteiger partial charge in [0.15, 0.2) is 0 Å². The Morgan fingerprint density at radius 2 is 2.00 bits per heavy atom. The molecule has 0 aliphatic carbocycles. The maximum Gasteiger partial charge on any atom is 0.410 e. The predicted octanol–water partition coefficient (Wildman–Crippen LogP) is 3.49. The molecule has 1 aromatic carbocycles. The molecule has 0 saturated carbocycles. The van der Waals surface area contributed by atoms with Crippen LogP contribution in [-0.2, 0) is 24.2 Å². The lowest BCUT2D eigenvalue weighted by molar-refractivity contribution is 0.0813. The lowest BCUT2D eigenvalue weighted by Crippen LogP contribution is -2.44. The van der Waals surface area contributed by atoms with Crippen molar-refractivity contribution in [2.45, 2.75) is 59.7 Å². The first-order valence-electron chi connectivity index (χ1n) is 9.06. The van der Waals surface area contributed by atoms with Gasteiger partial charge in [-0.05, 0) is 50.4 Å². The van der Waals surface area contributed by atoms with Crippen molar-refractivity contribution in [1.29, 1.82) is 0 Å². The van der Waals surface area contributed by atoms with Crippen LogP contribution in [0.1, 0.15) is 50.8 Å². The number of hydrogen-bond donors (Lipinski definition) is 1. The second-order valence-electron chi connectivity index (χ2n) is 6.04. The number of ether oxygens (including phenoxy) is 2. The van der Waals surface area contributed by atoms with E-state index in [0.717, 1.165) is 37.2 Å². The van der Waals surface area contributed by atoms with Gasteiger partial charge in [-0.2, -0.15) is 0 Å². The highest BCUT2D eigenvalue weighted by Crippen LogP contribution is 2.31. The Morgan fingerprint density at radius 3 is 2.62 bits per heavy atom. The van der Waals surface area contributed by atoms with Crippen LogP contribution in [0.4, 0.5) is 4.79 Å². The molecule has 0 fully saturated rings. The van der Waals surface area contributed by atoms with E-state index in [1.807, 2.05) is 18.7 Å². The van der Waals surface area contributed by atoms with E-state index in [-0.39, 0.29) is 12.1 Å². The first-order chi connectivity index (χ1) is 11.6. The number of carbonyl (C=O) groups excluding carboxylic acids is 1. The molecule has 1 aliphatic heterocycles. The standard InChI is InChI=1S/C19H30N2O3/c1-5-17-10-14-9-15(12-20-6-2)18(23-7-3)11-16(14)13-21(17)19(22)24-8-4/h9,11,17,20H,5-8,10,12-13H2,1-4H3. The Hall–Kier alpha value is -1.75. The molecular weight excluding hydrogens is 304 g/mol. The van der Waals surface area contributed by atoms with Crippen molar-refractivity contribution in [3.05, 3.63) is 28.8 Å². The van der Waals surface area contributed by atoms with E-state index in [9.17, 15) is 4.79 Å². The molecule has 1 aliphatic rings.